The highest BCUT2D eigenvalue weighted by Gasteiger charge is 2.33. The van der Waals surface area contributed by atoms with Gasteiger partial charge in [0.25, 0.3) is 0 Å². The predicted octanol–water partition coefficient (Wildman–Crippen LogP) is 2.63. The van der Waals surface area contributed by atoms with Crippen molar-refractivity contribution in [2.75, 3.05) is 24.7 Å². The molecule has 2 N–H and O–H groups in total. The number of carbonyl (C=O) groups excluding carboxylic acids is 2. The molecule has 1 aliphatic rings. The van der Waals surface area contributed by atoms with Crippen LogP contribution in [0.3, 0.4) is 0 Å². The number of benzene rings is 2. The van der Waals surface area contributed by atoms with Crippen LogP contribution in [-0.4, -0.2) is 46.5 Å². The van der Waals surface area contributed by atoms with Crippen LogP contribution < -0.4 is 0 Å². The van der Waals surface area contributed by atoms with Crippen LogP contribution in [0.15, 0.2) is 46.2 Å². The number of hydrogen-bond donors (Lipinski definition) is 2. The van der Waals surface area contributed by atoms with E-state index in [4.69, 9.17) is 10.2 Å². The number of thioether (sulfide) groups is 2. The third-order valence-corrected chi connectivity index (χ3v) is 5.77. The van der Waals surface area contributed by atoms with Gasteiger partial charge in [0.05, 0.1) is 13.2 Å². The Hall–Kier alpha value is -1.60. The molecule has 0 atom stereocenters. The summed E-state index contributed by atoms with van der Waals surface area (Å²) in [5, 5.41) is 18.1. The Labute approximate surface area is 148 Å². The Morgan fingerprint density at radius 1 is 0.708 bits per heavy atom. The van der Waals surface area contributed by atoms with E-state index in [9.17, 15) is 9.59 Å². The Kier molecular flexibility index (Phi) is 5.40. The van der Waals surface area contributed by atoms with Crippen LogP contribution in [0.25, 0.3) is 0 Å². The van der Waals surface area contributed by atoms with Crippen LogP contribution in [-0.2, 0) is 0 Å². The summed E-state index contributed by atoms with van der Waals surface area (Å²) in [5.41, 5.74) is 1.68. The minimum atomic E-state index is -0.160. The smallest absolute Gasteiger partial charge is 0.195 e. The second-order valence-corrected chi connectivity index (χ2v) is 7.43. The average molecular weight is 360 g/mol. The first-order valence-electron chi connectivity index (χ1n) is 7.51. The van der Waals surface area contributed by atoms with Crippen molar-refractivity contribution < 1.29 is 19.8 Å². The van der Waals surface area contributed by atoms with E-state index in [0.717, 1.165) is 9.79 Å². The summed E-state index contributed by atoms with van der Waals surface area (Å²) in [6.45, 7) is 0.0179. The lowest BCUT2D eigenvalue weighted by molar-refractivity contribution is 0.0974. The van der Waals surface area contributed by atoms with Crippen molar-refractivity contribution in [2.45, 2.75) is 9.79 Å². The van der Waals surface area contributed by atoms with E-state index < -0.39 is 0 Å². The van der Waals surface area contributed by atoms with Gasteiger partial charge in [0.15, 0.2) is 11.6 Å². The number of ketones is 2. The molecule has 0 bridgehead atoms. The lowest BCUT2D eigenvalue weighted by Gasteiger charge is -2.21. The van der Waals surface area contributed by atoms with Crippen LogP contribution >= 0.6 is 23.5 Å². The van der Waals surface area contributed by atoms with E-state index in [0.29, 0.717) is 33.8 Å². The second-order valence-electron chi connectivity index (χ2n) is 5.16. The van der Waals surface area contributed by atoms with Gasteiger partial charge in [0.1, 0.15) is 0 Å². The lowest BCUT2D eigenvalue weighted by atomic mass is 9.84. The summed E-state index contributed by atoms with van der Waals surface area (Å²) >= 11 is 2.74. The van der Waals surface area contributed by atoms with Gasteiger partial charge in [-0.05, 0) is 12.1 Å². The fraction of sp³-hybridized carbons (Fsp3) is 0.222. The predicted molar refractivity (Wildman–Crippen MR) is 95.4 cm³/mol. The number of aliphatic hydroxyl groups excluding tert-OH is 2. The van der Waals surface area contributed by atoms with Crippen molar-refractivity contribution in [2.24, 2.45) is 0 Å². The molecule has 0 saturated heterocycles. The van der Waals surface area contributed by atoms with Crippen molar-refractivity contribution in [3.63, 3.8) is 0 Å². The number of carbonyl (C=O) groups is 2. The van der Waals surface area contributed by atoms with E-state index in [-0.39, 0.29) is 24.8 Å². The largest absolute Gasteiger partial charge is 0.396 e. The molecule has 0 radical (unpaired) electrons. The number of rotatable bonds is 6. The summed E-state index contributed by atoms with van der Waals surface area (Å²) in [4.78, 5) is 27.4. The normalized spacial score (nSPS) is 12.9. The molecule has 24 heavy (non-hydrogen) atoms. The molecule has 0 aliphatic heterocycles. The first kappa shape index (κ1) is 17.2. The van der Waals surface area contributed by atoms with Crippen LogP contribution in [0.5, 0.6) is 0 Å². The molecule has 2 aromatic rings. The zero-order chi connectivity index (χ0) is 17.1. The molecule has 4 nitrogen and oxygen atoms in total. The van der Waals surface area contributed by atoms with E-state index in [1.54, 1.807) is 36.4 Å². The van der Waals surface area contributed by atoms with Crippen LogP contribution in [0.4, 0.5) is 0 Å². The molecule has 2 aromatic carbocycles. The minimum absolute atomic E-state index is 0.00893. The molecule has 124 valence electrons. The molecule has 0 spiro atoms. The van der Waals surface area contributed by atoms with Gasteiger partial charge in [-0.25, -0.2) is 0 Å². The van der Waals surface area contributed by atoms with Gasteiger partial charge in [0.2, 0.25) is 0 Å². The highest BCUT2D eigenvalue weighted by atomic mass is 32.2. The van der Waals surface area contributed by atoms with E-state index in [1.807, 2.05) is 0 Å². The fourth-order valence-corrected chi connectivity index (χ4v) is 4.40. The molecule has 6 heteroatoms. The highest BCUT2D eigenvalue weighted by Crippen LogP contribution is 2.37. The number of hydrogen-bond acceptors (Lipinski definition) is 6. The summed E-state index contributed by atoms with van der Waals surface area (Å²) in [5.74, 6) is 0.619. The first-order valence-corrected chi connectivity index (χ1v) is 9.49. The third-order valence-electron chi connectivity index (χ3n) is 3.69. The van der Waals surface area contributed by atoms with Crippen LogP contribution in [0.1, 0.15) is 31.8 Å². The summed E-state index contributed by atoms with van der Waals surface area (Å²) in [6.07, 6.45) is 0. The summed E-state index contributed by atoms with van der Waals surface area (Å²) in [7, 11) is 0. The summed E-state index contributed by atoms with van der Waals surface area (Å²) in [6, 6.07) is 10.5. The molecular formula is C18H16O4S2. The Morgan fingerprint density at radius 3 is 1.50 bits per heavy atom. The maximum Gasteiger partial charge on any atom is 0.195 e. The Balaban J connectivity index is 2.11. The molecule has 3 rings (SSSR count). The molecule has 0 heterocycles. The molecular weight excluding hydrogens is 344 g/mol. The SMILES string of the molecule is O=C1c2cccc(SCCO)c2C(=O)c2cccc(SCCO)c21. The van der Waals surface area contributed by atoms with Gasteiger partial charge in [-0.2, -0.15) is 0 Å². The van der Waals surface area contributed by atoms with Crippen molar-refractivity contribution in [1.82, 2.24) is 0 Å². The molecule has 0 amide bonds. The summed E-state index contributed by atoms with van der Waals surface area (Å²) < 4.78 is 0. The van der Waals surface area contributed by atoms with Gasteiger partial charge in [-0.1, -0.05) is 24.3 Å². The third kappa shape index (κ3) is 3.02. The number of aliphatic hydroxyl groups is 2. The van der Waals surface area contributed by atoms with Crippen molar-refractivity contribution >= 4 is 35.1 Å². The second kappa shape index (κ2) is 7.53. The lowest BCUT2D eigenvalue weighted by Crippen LogP contribution is -2.22. The maximum absolute atomic E-state index is 13.0. The molecule has 0 fully saturated rings. The molecule has 1 aliphatic carbocycles. The monoisotopic (exact) mass is 360 g/mol. The minimum Gasteiger partial charge on any atom is -0.396 e. The van der Waals surface area contributed by atoms with Crippen molar-refractivity contribution in [1.29, 1.82) is 0 Å². The van der Waals surface area contributed by atoms with Crippen LogP contribution in [0, 0.1) is 0 Å². The Bertz CT molecular complexity index is 734. The zero-order valence-corrected chi connectivity index (χ0v) is 14.5. The van der Waals surface area contributed by atoms with E-state index in [1.165, 1.54) is 23.5 Å². The Morgan fingerprint density at radius 2 is 1.12 bits per heavy atom. The van der Waals surface area contributed by atoms with Gasteiger partial charge < -0.3 is 10.2 Å². The van der Waals surface area contributed by atoms with E-state index in [2.05, 4.69) is 0 Å². The van der Waals surface area contributed by atoms with E-state index >= 15 is 0 Å². The first-order chi connectivity index (χ1) is 11.7. The zero-order valence-electron chi connectivity index (χ0n) is 12.8. The van der Waals surface area contributed by atoms with Crippen molar-refractivity contribution in [3.8, 4) is 0 Å². The fourth-order valence-electron chi connectivity index (χ4n) is 2.73. The molecule has 0 unspecified atom stereocenters. The quantitative estimate of drug-likeness (QED) is 0.658. The molecule has 0 aromatic heterocycles. The molecule has 0 saturated carbocycles. The van der Waals surface area contributed by atoms with Gasteiger partial charge in [-0.15, -0.1) is 23.5 Å². The highest BCUT2D eigenvalue weighted by molar-refractivity contribution is 7.99. The topological polar surface area (TPSA) is 74.6 Å². The van der Waals surface area contributed by atoms with Gasteiger partial charge >= 0.3 is 0 Å². The van der Waals surface area contributed by atoms with Gasteiger partial charge in [0, 0.05) is 43.6 Å². The van der Waals surface area contributed by atoms with Crippen molar-refractivity contribution in [3.05, 3.63) is 58.7 Å². The standard InChI is InChI=1S/C18H16O4S2/c19-7-9-23-13-5-1-3-11-15(13)18(22)12-4-2-6-14(24-10-8-20)16(12)17(11)21/h1-6,19-20H,7-10H2. The average Bonchev–Trinajstić information content (AvgIpc) is 2.62. The van der Waals surface area contributed by atoms with Gasteiger partial charge in [-0.3, -0.25) is 9.59 Å². The van der Waals surface area contributed by atoms with Crippen LogP contribution in [0.2, 0.25) is 0 Å². The number of fused-ring (bicyclic) bond motifs is 2. The maximum atomic E-state index is 13.0.